The smallest absolute Gasteiger partial charge is 0.159 e. The fourth-order valence-corrected chi connectivity index (χ4v) is 4.34. The van der Waals surface area contributed by atoms with E-state index in [0.717, 1.165) is 54.2 Å². The van der Waals surface area contributed by atoms with Gasteiger partial charge in [0.2, 0.25) is 0 Å². The Bertz CT molecular complexity index is 932. The van der Waals surface area contributed by atoms with E-state index in [9.17, 15) is 4.79 Å². The molecule has 1 aliphatic heterocycles. The predicted octanol–water partition coefficient (Wildman–Crippen LogP) is 2.66. The Kier molecular flexibility index (Phi) is 3.52. The number of fused-ring (bicyclic) bond motifs is 3. The van der Waals surface area contributed by atoms with Crippen molar-refractivity contribution in [2.24, 2.45) is 5.92 Å². The molecule has 6 nitrogen and oxygen atoms in total. The van der Waals surface area contributed by atoms with Crippen LogP contribution in [0, 0.1) is 5.92 Å². The molecule has 128 valence electrons. The largest absolute Gasteiger partial charge is 0.349 e. The number of aldehydes is 1. The molecule has 3 aromatic heterocycles. The summed E-state index contributed by atoms with van der Waals surface area (Å²) in [6.07, 6.45) is 11.2. The van der Waals surface area contributed by atoms with E-state index in [1.54, 1.807) is 18.7 Å². The molecule has 0 aromatic carbocycles. The van der Waals surface area contributed by atoms with Crippen LogP contribution in [0.15, 0.2) is 24.8 Å². The summed E-state index contributed by atoms with van der Waals surface area (Å²) in [6.45, 7) is 1.95. The highest BCUT2D eigenvalue weighted by Crippen LogP contribution is 2.38. The van der Waals surface area contributed by atoms with Crippen molar-refractivity contribution >= 4 is 28.2 Å². The molecular formula is C19H21N5O. The van der Waals surface area contributed by atoms with Gasteiger partial charge in [-0.05, 0) is 44.2 Å². The number of aromatic amines is 1. The van der Waals surface area contributed by atoms with Crippen LogP contribution in [0.4, 0.5) is 0 Å². The lowest BCUT2D eigenvalue weighted by atomic mass is 9.90. The molecule has 1 saturated carbocycles. The zero-order chi connectivity index (χ0) is 16.8. The van der Waals surface area contributed by atoms with Crippen molar-refractivity contribution in [3.63, 3.8) is 0 Å². The highest BCUT2D eigenvalue weighted by Gasteiger charge is 2.37. The van der Waals surface area contributed by atoms with E-state index in [-0.39, 0.29) is 6.04 Å². The van der Waals surface area contributed by atoms with Gasteiger partial charge in [-0.25, -0.2) is 15.0 Å². The van der Waals surface area contributed by atoms with Gasteiger partial charge in [0, 0.05) is 35.1 Å². The maximum absolute atomic E-state index is 11.6. The van der Waals surface area contributed by atoms with Gasteiger partial charge in [-0.3, -0.25) is 4.90 Å². The van der Waals surface area contributed by atoms with Gasteiger partial charge in [0.05, 0.1) is 24.1 Å². The van der Waals surface area contributed by atoms with Crippen molar-refractivity contribution in [2.45, 2.75) is 37.6 Å². The molecule has 0 bridgehead atoms. The van der Waals surface area contributed by atoms with Crippen molar-refractivity contribution in [3.8, 4) is 0 Å². The second-order valence-electron chi connectivity index (χ2n) is 7.31. The second kappa shape index (κ2) is 5.88. The minimum Gasteiger partial charge on any atom is -0.349 e. The molecule has 0 amide bonds. The van der Waals surface area contributed by atoms with Crippen molar-refractivity contribution in [2.75, 3.05) is 13.1 Å². The number of rotatable bonds is 4. The molecule has 25 heavy (non-hydrogen) atoms. The van der Waals surface area contributed by atoms with E-state index >= 15 is 0 Å². The number of aromatic nitrogens is 4. The van der Waals surface area contributed by atoms with E-state index < -0.39 is 0 Å². The van der Waals surface area contributed by atoms with Crippen LogP contribution in [0.1, 0.15) is 37.3 Å². The van der Waals surface area contributed by atoms with Gasteiger partial charge >= 0.3 is 0 Å². The van der Waals surface area contributed by atoms with Crippen LogP contribution >= 0.6 is 0 Å². The molecule has 4 heterocycles. The normalized spacial score (nSPS) is 23.1. The van der Waals surface area contributed by atoms with E-state index in [1.807, 2.05) is 6.07 Å². The average Bonchev–Trinajstić information content (AvgIpc) is 3.37. The average molecular weight is 335 g/mol. The van der Waals surface area contributed by atoms with Crippen molar-refractivity contribution in [1.82, 2.24) is 24.8 Å². The van der Waals surface area contributed by atoms with E-state index in [0.29, 0.717) is 11.8 Å². The first kappa shape index (κ1) is 15.0. The Morgan fingerprint density at radius 3 is 3.00 bits per heavy atom. The molecule has 1 saturated heterocycles. The highest BCUT2D eigenvalue weighted by atomic mass is 16.1. The lowest BCUT2D eigenvalue weighted by Gasteiger charge is -2.36. The molecular weight excluding hydrogens is 314 g/mol. The third kappa shape index (κ3) is 2.52. The highest BCUT2D eigenvalue weighted by molar-refractivity contribution is 6.04. The Balaban J connectivity index is 1.56. The number of likely N-dealkylation sites (tertiary alicyclic amines) is 1. The molecule has 2 unspecified atom stereocenters. The van der Waals surface area contributed by atoms with E-state index in [1.165, 1.54) is 18.5 Å². The van der Waals surface area contributed by atoms with E-state index in [2.05, 4.69) is 24.8 Å². The van der Waals surface area contributed by atoms with Crippen LogP contribution in [-0.4, -0.2) is 50.3 Å². The second-order valence-corrected chi connectivity index (χ2v) is 7.31. The Hall–Kier alpha value is -2.34. The topological polar surface area (TPSA) is 74.8 Å². The number of piperidine rings is 1. The van der Waals surface area contributed by atoms with Crippen molar-refractivity contribution in [1.29, 1.82) is 0 Å². The number of pyridine rings is 1. The van der Waals surface area contributed by atoms with Gasteiger partial charge in [-0.2, -0.15) is 0 Å². The van der Waals surface area contributed by atoms with Gasteiger partial charge in [0.25, 0.3) is 0 Å². The maximum atomic E-state index is 11.6. The summed E-state index contributed by atoms with van der Waals surface area (Å²) in [5, 5.41) is 2.19. The van der Waals surface area contributed by atoms with Gasteiger partial charge in [0.1, 0.15) is 6.29 Å². The van der Waals surface area contributed by atoms with Crippen LogP contribution in [0.25, 0.3) is 21.9 Å². The Morgan fingerprint density at radius 1 is 1.24 bits per heavy atom. The Morgan fingerprint density at radius 2 is 2.16 bits per heavy atom. The fourth-order valence-electron chi connectivity index (χ4n) is 4.34. The zero-order valence-corrected chi connectivity index (χ0v) is 14.1. The zero-order valence-electron chi connectivity index (χ0n) is 14.1. The number of hydrogen-bond acceptors (Lipinski definition) is 5. The maximum Gasteiger partial charge on any atom is 0.159 e. The first-order valence-corrected chi connectivity index (χ1v) is 9.11. The van der Waals surface area contributed by atoms with Crippen LogP contribution < -0.4 is 0 Å². The minimum atomic E-state index is 0.0955. The summed E-state index contributed by atoms with van der Waals surface area (Å²) in [7, 11) is 0. The molecule has 1 N–H and O–H groups in total. The number of carbonyl (C=O) groups is 1. The molecule has 2 atom stereocenters. The molecule has 6 heteroatoms. The van der Waals surface area contributed by atoms with Crippen LogP contribution in [0.3, 0.4) is 0 Å². The van der Waals surface area contributed by atoms with Gasteiger partial charge < -0.3 is 9.78 Å². The molecule has 0 radical (unpaired) electrons. The summed E-state index contributed by atoms with van der Waals surface area (Å²) in [6, 6.07) is 2.11. The molecule has 2 fully saturated rings. The quantitative estimate of drug-likeness (QED) is 0.742. The molecule has 3 aromatic rings. The fraction of sp³-hybridized carbons (Fsp3) is 0.474. The SMILES string of the molecule is O=CC(C1CC1)N1CCCC(c2[nH]cnc3cnc4nccc4c23)C1. The third-order valence-electron chi connectivity index (χ3n) is 5.73. The lowest BCUT2D eigenvalue weighted by molar-refractivity contribution is -0.113. The minimum absolute atomic E-state index is 0.0955. The summed E-state index contributed by atoms with van der Waals surface area (Å²) < 4.78 is 0. The number of H-pyrrole nitrogens is 1. The monoisotopic (exact) mass is 335 g/mol. The summed E-state index contributed by atoms with van der Waals surface area (Å²) >= 11 is 0. The standard InChI is InChI=1S/C19H21N5O/c25-10-16(12-3-4-12)24-7-1-2-13(9-24)18-17-14-5-6-20-19(14)21-8-15(17)22-11-23-18/h5-6,8,10-13,16H,1-4,7,9H2,(H,22,23). The molecule has 1 aliphatic carbocycles. The van der Waals surface area contributed by atoms with Crippen molar-refractivity contribution < 1.29 is 4.79 Å². The number of carbonyl (C=O) groups excluding carboxylic acids is 1. The van der Waals surface area contributed by atoms with E-state index in [4.69, 9.17) is 0 Å². The Labute approximate surface area is 145 Å². The third-order valence-corrected chi connectivity index (χ3v) is 5.73. The molecule has 2 aliphatic rings. The van der Waals surface area contributed by atoms with Gasteiger partial charge in [-0.15, -0.1) is 0 Å². The molecule has 0 spiro atoms. The number of hydrogen-bond donors (Lipinski definition) is 1. The lowest BCUT2D eigenvalue weighted by Crippen LogP contribution is -2.44. The first-order chi connectivity index (χ1) is 12.3. The van der Waals surface area contributed by atoms with Crippen LogP contribution in [0.2, 0.25) is 0 Å². The summed E-state index contributed by atoms with van der Waals surface area (Å²) in [5.74, 6) is 0.950. The molecule has 5 rings (SSSR count). The summed E-state index contributed by atoms with van der Waals surface area (Å²) in [4.78, 5) is 30.6. The van der Waals surface area contributed by atoms with Gasteiger partial charge in [0.15, 0.2) is 5.65 Å². The number of nitrogens with zero attached hydrogens (tertiary/aromatic N) is 4. The van der Waals surface area contributed by atoms with Crippen LogP contribution in [0.5, 0.6) is 0 Å². The summed E-state index contributed by atoms with van der Waals surface area (Å²) in [5.41, 5.74) is 2.88. The van der Waals surface area contributed by atoms with Gasteiger partial charge in [-0.1, -0.05) is 0 Å². The van der Waals surface area contributed by atoms with Crippen molar-refractivity contribution in [3.05, 3.63) is 30.5 Å². The number of nitrogens with one attached hydrogen (secondary N) is 1. The van der Waals surface area contributed by atoms with Crippen LogP contribution in [-0.2, 0) is 4.79 Å². The first-order valence-electron chi connectivity index (χ1n) is 9.11. The predicted molar refractivity (Wildman–Crippen MR) is 95.3 cm³/mol.